The van der Waals surface area contributed by atoms with E-state index in [-0.39, 0.29) is 17.5 Å². The lowest BCUT2D eigenvalue weighted by Crippen LogP contribution is -2.38. The Morgan fingerprint density at radius 2 is 2.06 bits per heavy atom. The normalized spacial score (nSPS) is 25.4. The predicted octanol–water partition coefficient (Wildman–Crippen LogP) is 1.08. The molecule has 0 amide bonds. The lowest BCUT2D eigenvalue weighted by Gasteiger charge is -2.17. The molecule has 1 aliphatic carbocycles. The zero-order chi connectivity index (χ0) is 12.4. The van der Waals surface area contributed by atoms with Crippen LogP contribution in [0.4, 0.5) is 0 Å². The van der Waals surface area contributed by atoms with Crippen LogP contribution in [0.15, 0.2) is 0 Å². The minimum Gasteiger partial charge on any atom is -0.271 e. The molecule has 0 spiro atoms. The maximum Gasteiger partial charge on any atom is 0.150 e. The molecule has 0 aromatic carbocycles. The molecule has 96 valence electrons. The van der Waals surface area contributed by atoms with E-state index in [0.29, 0.717) is 17.8 Å². The van der Waals surface area contributed by atoms with Crippen molar-refractivity contribution in [2.75, 3.05) is 11.5 Å². The minimum atomic E-state index is -2.83. The van der Waals surface area contributed by atoms with Crippen molar-refractivity contribution in [3.63, 3.8) is 0 Å². The average Bonchev–Trinajstić information content (AvgIpc) is 2.82. The summed E-state index contributed by atoms with van der Waals surface area (Å²) in [5, 5.41) is 0. The maximum atomic E-state index is 11.3. The first-order chi connectivity index (χ1) is 7.32. The molecule has 5 heteroatoms. The molecule has 1 aliphatic rings. The number of hydrogen-bond acceptors (Lipinski definition) is 4. The second-order valence-corrected chi connectivity index (χ2v) is 7.92. The first-order valence-electron chi connectivity index (χ1n) is 5.99. The van der Waals surface area contributed by atoms with Gasteiger partial charge in [0, 0.05) is 11.8 Å². The number of nitrogens with one attached hydrogen (secondary N) is 1. The Kier molecular flexibility index (Phi) is 4.37. The van der Waals surface area contributed by atoms with Crippen LogP contribution in [0.3, 0.4) is 0 Å². The summed E-state index contributed by atoms with van der Waals surface area (Å²) in [6.07, 6.45) is 2.74. The third kappa shape index (κ3) is 3.71. The van der Waals surface area contributed by atoms with Crippen molar-refractivity contribution in [3.8, 4) is 0 Å². The van der Waals surface area contributed by atoms with Gasteiger partial charge in [0.2, 0.25) is 0 Å². The molecule has 1 saturated carbocycles. The third-order valence-corrected chi connectivity index (χ3v) is 5.49. The predicted molar refractivity (Wildman–Crippen MR) is 66.6 cm³/mol. The molecule has 16 heavy (non-hydrogen) atoms. The van der Waals surface area contributed by atoms with Crippen LogP contribution >= 0.6 is 0 Å². The van der Waals surface area contributed by atoms with E-state index in [4.69, 9.17) is 5.84 Å². The zero-order valence-electron chi connectivity index (χ0n) is 10.5. The molecule has 0 aliphatic heterocycles. The summed E-state index contributed by atoms with van der Waals surface area (Å²) in [6, 6.07) is 0.266. The van der Waals surface area contributed by atoms with Gasteiger partial charge in [-0.1, -0.05) is 20.8 Å². The Balaban J connectivity index is 2.31. The van der Waals surface area contributed by atoms with E-state index >= 15 is 0 Å². The molecule has 3 N–H and O–H groups in total. The Hall–Kier alpha value is -0.130. The summed E-state index contributed by atoms with van der Waals surface area (Å²) < 4.78 is 22.7. The zero-order valence-corrected chi connectivity index (χ0v) is 11.3. The van der Waals surface area contributed by atoms with E-state index in [2.05, 4.69) is 19.3 Å². The Morgan fingerprint density at radius 1 is 1.50 bits per heavy atom. The summed E-state index contributed by atoms with van der Waals surface area (Å²) in [5.41, 5.74) is 3.20. The molecule has 2 unspecified atom stereocenters. The van der Waals surface area contributed by atoms with Gasteiger partial charge in [-0.3, -0.25) is 11.3 Å². The van der Waals surface area contributed by atoms with Gasteiger partial charge in [-0.15, -0.1) is 0 Å². The van der Waals surface area contributed by atoms with Gasteiger partial charge in [0.15, 0.2) is 0 Å². The van der Waals surface area contributed by atoms with E-state index in [9.17, 15) is 8.42 Å². The van der Waals surface area contributed by atoms with Crippen molar-refractivity contribution in [2.24, 2.45) is 17.2 Å². The van der Waals surface area contributed by atoms with Gasteiger partial charge in [-0.05, 0) is 30.6 Å². The molecule has 0 aromatic heterocycles. The smallest absolute Gasteiger partial charge is 0.150 e. The lowest BCUT2D eigenvalue weighted by molar-refractivity contribution is 0.388. The first-order valence-corrected chi connectivity index (χ1v) is 7.81. The summed E-state index contributed by atoms with van der Waals surface area (Å²) >= 11 is 0. The van der Waals surface area contributed by atoms with Crippen molar-refractivity contribution < 1.29 is 8.42 Å². The second-order valence-electron chi connectivity index (χ2n) is 5.45. The SMILES string of the molecule is CCS(=O)(=O)CCCC(NN)C1CC1(C)C. The lowest BCUT2D eigenvalue weighted by atomic mass is 10.0. The molecule has 0 saturated heterocycles. The van der Waals surface area contributed by atoms with Crippen LogP contribution in [0.5, 0.6) is 0 Å². The number of sulfone groups is 1. The molecule has 1 fully saturated rings. The quantitative estimate of drug-likeness (QED) is 0.522. The van der Waals surface area contributed by atoms with Gasteiger partial charge in [0.25, 0.3) is 0 Å². The highest BCUT2D eigenvalue weighted by Gasteiger charge is 2.49. The minimum absolute atomic E-state index is 0.239. The Morgan fingerprint density at radius 3 is 2.44 bits per heavy atom. The molecule has 4 nitrogen and oxygen atoms in total. The standard InChI is InChI=1S/C11H24N2O2S/c1-4-16(14,15)7-5-6-10(13-12)9-8-11(9,2)3/h9-10,13H,4-8,12H2,1-3H3. The van der Waals surface area contributed by atoms with E-state index in [0.717, 1.165) is 6.42 Å². The van der Waals surface area contributed by atoms with Crippen molar-refractivity contribution >= 4 is 9.84 Å². The molecule has 2 atom stereocenters. The number of hydrazine groups is 1. The average molecular weight is 248 g/mol. The van der Waals surface area contributed by atoms with E-state index in [1.807, 2.05) is 0 Å². The summed E-state index contributed by atoms with van der Waals surface area (Å²) in [6.45, 7) is 6.15. The number of rotatable bonds is 7. The van der Waals surface area contributed by atoms with Crippen LogP contribution in [0, 0.1) is 11.3 Å². The fourth-order valence-electron chi connectivity index (χ4n) is 2.26. The van der Waals surface area contributed by atoms with Crippen LogP contribution in [0.2, 0.25) is 0 Å². The fraction of sp³-hybridized carbons (Fsp3) is 1.00. The van der Waals surface area contributed by atoms with Gasteiger partial charge in [-0.25, -0.2) is 8.42 Å². The monoisotopic (exact) mass is 248 g/mol. The molecule has 0 radical (unpaired) electrons. The van der Waals surface area contributed by atoms with E-state index in [1.165, 1.54) is 6.42 Å². The molecule has 0 heterocycles. The largest absolute Gasteiger partial charge is 0.271 e. The van der Waals surface area contributed by atoms with Gasteiger partial charge >= 0.3 is 0 Å². The maximum absolute atomic E-state index is 11.3. The van der Waals surface area contributed by atoms with Gasteiger partial charge in [-0.2, -0.15) is 0 Å². The Labute approximate surface area is 98.9 Å². The van der Waals surface area contributed by atoms with E-state index < -0.39 is 9.84 Å². The molecular formula is C11H24N2O2S. The topological polar surface area (TPSA) is 72.2 Å². The van der Waals surface area contributed by atoms with E-state index in [1.54, 1.807) is 6.92 Å². The number of hydrogen-bond donors (Lipinski definition) is 2. The summed E-state index contributed by atoms with van der Waals surface area (Å²) in [5.74, 6) is 6.64. The van der Waals surface area contributed by atoms with Crippen LogP contribution in [0.25, 0.3) is 0 Å². The van der Waals surface area contributed by atoms with Crippen molar-refractivity contribution in [1.82, 2.24) is 5.43 Å². The van der Waals surface area contributed by atoms with Crippen molar-refractivity contribution in [3.05, 3.63) is 0 Å². The highest BCUT2D eigenvalue weighted by molar-refractivity contribution is 7.91. The van der Waals surface area contributed by atoms with Crippen molar-refractivity contribution in [2.45, 2.75) is 46.1 Å². The highest BCUT2D eigenvalue weighted by Crippen LogP contribution is 2.54. The fourth-order valence-corrected chi connectivity index (χ4v) is 3.16. The van der Waals surface area contributed by atoms with Gasteiger partial charge in [0.1, 0.15) is 9.84 Å². The first kappa shape index (κ1) is 13.9. The molecule has 1 rings (SSSR count). The van der Waals surface area contributed by atoms with Crippen LogP contribution in [0.1, 0.15) is 40.0 Å². The second kappa shape index (κ2) is 5.02. The highest BCUT2D eigenvalue weighted by atomic mass is 32.2. The summed E-state index contributed by atoms with van der Waals surface area (Å²) in [7, 11) is -2.83. The molecular weight excluding hydrogens is 224 g/mol. The van der Waals surface area contributed by atoms with Crippen molar-refractivity contribution in [1.29, 1.82) is 0 Å². The Bertz CT molecular complexity index is 325. The third-order valence-electron chi connectivity index (χ3n) is 3.70. The summed E-state index contributed by atoms with van der Waals surface area (Å²) in [4.78, 5) is 0. The molecule has 0 bridgehead atoms. The van der Waals surface area contributed by atoms with Gasteiger partial charge in [0.05, 0.1) is 5.75 Å². The number of nitrogens with two attached hydrogens (primary N) is 1. The van der Waals surface area contributed by atoms with Gasteiger partial charge < -0.3 is 0 Å². The van der Waals surface area contributed by atoms with Crippen LogP contribution < -0.4 is 11.3 Å². The van der Waals surface area contributed by atoms with Crippen LogP contribution in [-0.2, 0) is 9.84 Å². The molecule has 0 aromatic rings. The van der Waals surface area contributed by atoms with Crippen LogP contribution in [-0.4, -0.2) is 26.0 Å².